The molecule has 118 valence electrons. The van der Waals surface area contributed by atoms with Crippen molar-refractivity contribution >= 4 is 35.6 Å². The Labute approximate surface area is 134 Å². The average molecular weight is 333 g/mol. The molecule has 6 nitrogen and oxygen atoms in total. The Kier molecular flexibility index (Phi) is 7.07. The molecule has 1 heterocycles. The Morgan fingerprint density at radius 1 is 1.33 bits per heavy atom. The van der Waals surface area contributed by atoms with Crippen molar-refractivity contribution in [3.05, 3.63) is 16.1 Å². The summed E-state index contributed by atoms with van der Waals surface area (Å²) in [6.07, 6.45) is 3.77. The number of amides is 2. The number of nitrogens with one attached hydrogen (secondary N) is 1. The van der Waals surface area contributed by atoms with Gasteiger partial charge in [-0.05, 0) is 32.2 Å². The second kappa shape index (κ2) is 8.31. The van der Waals surface area contributed by atoms with Crippen LogP contribution in [0.2, 0.25) is 0 Å². The molecule has 1 aromatic rings. The van der Waals surface area contributed by atoms with E-state index in [0.717, 1.165) is 30.7 Å². The fourth-order valence-electron chi connectivity index (χ4n) is 2.44. The normalized spacial score (nSPS) is 21.4. The average Bonchev–Trinajstić information content (AvgIpc) is 2.88. The monoisotopic (exact) mass is 332 g/mol. The minimum Gasteiger partial charge on any atom is -0.369 e. The van der Waals surface area contributed by atoms with E-state index in [1.807, 2.05) is 0 Å². The first-order chi connectivity index (χ1) is 9.60. The quantitative estimate of drug-likeness (QED) is 0.741. The van der Waals surface area contributed by atoms with Crippen LogP contribution in [0.3, 0.4) is 0 Å². The molecule has 0 spiro atoms. The Bertz CT molecular complexity index is 486. The highest BCUT2D eigenvalue weighted by Crippen LogP contribution is 2.24. The second-order valence-electron chi connectivity index (χ2n) is 5.09. The first-order valence-electron chi connectivity index (χ1n) is 6.84. The Morgan fingerprint density at radius 2 is 2.00 bits per heavy atom. The number of aromatic nitrogens is 1. The zero-order valence-electron chi connectivity index (χ0n) is 11.7. The Morgan fingerprint density at radius 3 is 2.57 bits per heavy atom. The van der Waals surface area contributed by atoms with Gasteiger partial charge in [0.15, 0.2) is 0 Å². The molecule has 0 unspecified atom stereocenters. The van der Waals surface area contributed by atoms with Crippen LogP contribution in [0.5, 0.6) is 0 Å². The lowest BCUT2D eigenvalue weighted by molar-refractivity contribution is -0.122. The van der Waals surface area contributed by atoms with Gasteiger partial charge in [-0.1, -0.05) is 0 Å². The maximum absolute atomic E-state index is 12.1. The van der Waals surface area contributed by atoms with Crippen molar-refractivity contribution in [1.82, 2.24) is 10.3 Å². The van der Waals surface area contributed by atoms with Gasteiger partial charge in [0.2, 0.25) is 5.91 Å². The fraction of sp³-hybridized carbons (Fsp3) is 0.615. The van der Waals surface area contributed by atoms with Crippen molar-refractivity contribution in [3.8, 4) is 0 Å². The third-order valence-electron chi connectivity index (χ3n) is 3.61. The van der Waals surface area contributed by atoms with Crippen LogP contribution in [0.15, 0.2) is 5.38 Å². The Hall–Kier alpha value is -1.18. The van der Waals surface area contributed by atoms with Crippen LogP contribution in [0.25, 0.3) is 0 Å². The van der Waals surface area contributed by atoms with Gasteiger partial charge in [0.1, 0.15) is 5.69 Å². The summed E-state index contributed by atoms with van der Waals surface area (Å²) >= 11 is 1.46. The molecule has 0 aliphatic heterocycles. The number of thiazole rings is 1. The third kappa shape index (κ3) is 4.94. The molecule has 1 fully saturated rings. The molecular weight excluding hydrogens is 312 g/mol. The third-order valence-corrected chi connectivity index (χ3v) is 4.52. The second-order valence-corrected chi connectivity index (χ2v) is 6.03. The lowest BCUT2D eigenvalue weighted by Gasteiger charge is -2.27. The summed E-state index contributed by atoms with van der Waals surface area (Å²) in [6.45, 7) is 0.533. The highest BCUT2D eigenvalue weighted by molar-refractivity contribution is 7.09. The van der Waals surface area contributed by atoms with Gasteiger partial charge in [-0.2, -0.15) is 0 Å². The van der Waals surface area contributed by atoms with Crippen LogP contribution in [-0.4, -0.2) is 29.4 Å². The van der Waals surface area contributed by atoms with Crippen LogP contribution in [-0.2, 0) is 11.2 Å². The van der Waals surface area contributed by atoms with Gasteiger partial charge < -0.3 is 16.8 Å². The minimum absolute atomic E-state index is 0. The SMILES string of the molecule is Cl.NCCc1nc(C(=O)NC2CCC(C(N)=O)CC2)cs1. The number of nitrogens with two attached hydrogens (primary N) is 2. The standard InChI is InChI=1S/C13H20N4O2S.ClH/c14-6-5-11-17-10(7-20-11)13(19)16-9-3-1-8(2-4-9)12(15)18;/h7-9H,1-6,14H2,(H2,15,18)(H,16,19);1H. The van der Waals surface area contributed by atoms with Gasteiger partial charge in [-0.25, -0.2) is 4.98 Å². The highest BCUT2D eigenvalue weighted by Gasteiger charge is 2.26. The summed E-state index contributed by atoms with van der Waals surface area (Å²) in [5, 5.41) is 5.62. The number of halogens is 1. The predicted octanol–water partition coefficient (Wildman–Crippen LogP) is 0.840. The van der Waals surface area contributed by atoms with E-state index < -0.39 is 0 Å². The first-order valence-corrected chi connectivity index (χ1v) is 7.72. The number of nitrogens with zero attached hydrogens (tertiary/aromatic N) is 1. The van der Waals surface area contributed by atoms with Crippen molar-refractivity contribution < 1.29 is 9.59 Å². The van der Waals surface area contributed by atoms with Crippen LogP contribution >= 0.6 is 23.7 Å². The molecule has 0 atom stereocenters. The van der Waals surface area contributed by atoms with E-state index in [-0.39, 0.29) is 36.2 Å². The maximum atomic E-state index is 12.1. The molecule has 1 aromatic heterocycles. The predicted molar refractivity (Wildman–Crippen MR) is 84.5 cm³/mol. The molecule has 0 bridgehead atoms. The minimum atomic E-state index is -0.235. The van der Waals surface area contributed by atoms with Crippen molar-refractivity contribution in [1.29, 1.82) is 0 Å². The van der Waals surface area contributed by atoms with Gasteiger partial charge in [-0.3, -0.25) is 9.59 Å². The smallest absolute Gasteiger partial charge is 0.270 e. The van der Waals surface area contributed by atoms with Gasteiger partial charge in [0, 0.05) is 23.8 Å². The molecule has 1 aliphatic rings. The van der Waals surface area contributed by atoms with E-state index in [0.29, 0.717) is 18.7 Å². The summed E-state index contributed by atoms with van der Waals surface area (Å²) < 4.78 is 0. The van der Waals surface area contributed by atoms with Crippen LogP contribution in [0.4, 0.5) is 0 Å². The summed E-state index contributed by atoms with van der Waals surface area (Å²) in [5.74, 6) is -0.425. The van der Waals surface area contributed by atoms with Crippen molar-refractivity contribution in [2.24, 2.45) is 17.4 Å². The molecule has 2 rings (SSSR count). The lowest BCUT2D eigenvalue weighted by Crippen LogP contribution is -2.39. The Balaban J connectivity index is 0.00000220. The van der Waals surface area contributed by atoms with E-state index in [2.05, 4.69) is 10.3 Å². The number of hydrogen-bond donors (Lipinski definition) is 3. The molecular formula is C13H21ClN4O2S. The molecule has 5 N–H and O–H groups in total. The van der Waals surface area contributed by atoms with Crippen LogP contribution in [0, 0.1) is 5.92 Å². The van der Waals surface area contributed by atoms with Crippen LogP contribution < -0.4 is 16.8 Å². The summed E-state index contributed by atoms with van der Waals surface area (Å²) in [4.78, 5) is 27.4. The zero-order valence-corrected chi connectivity index (χ0v) is 13.3. The molecule has 0 saturated heterocycles. The molecule has 0 radical (unpaired) electrons. The van der Waals surface area contributed by atoms with Crippen molar-refractivity contribution in [3.63, 3.8) is 0 Å². The summed E-state index contributed by atoms with van der Waals surface area (Å²) in [7, 11) is 0. The molecule has 21 heavy (non-hydrogen) atoms. The number of primary amides is 1. The molecule has 2 amide bonds. The van der Waals surface area contributed by atoms with E-state index in [9.17, 15) is 9.59 Å². The van der Waals surface area contributed by atoms with Crippen LogP contribution in [0.1, 0.15) is 41.2 Å². The van der Waals surface area contributed by atoms with Gasteiger partial charge >= 0.3 is 0 Å². The number of hydrogen-bond acceptors (Lipinski definition) is 5. The van der Waals surface area contributed by atoms with Gasteiger partial charge in [0.25, 0.3) is 5.91 Å². The number of rotatable bonds is 5. The fourth-order valence-corrected chi connectivity index (χ4v) is 3.23. The van der Waals surface area contributed by atoms with E-state index >= 15 is 0 Å². The van der Waals surface area contributed by atoms with Gasteiger partial charge in [-0.15, -0.1) is 23.7 Å². The van der Waals surface area contributed by atoms with E-state index in [4.69, 9.17) is 11.5 Å². The largest absolute Gasteiger partial charge is 0.369 e. The zero-order chi connectivity index (χ0) is 14.5. The van der Waals surface area contributed by atoms with Crippen molar-refractivity contribution in [2.75, 3.05) is 6.54 Å². The molecule has 0 aromatic carbocycles. The number of carbonyl (C=O) groups is 2. The maximum Gasteiger partial charge on any atom is 0.270 e. The topological polar surface area (TPSA) is 111 Å². The first kappa shape index (κ1) is 17.9. The highest BCUT2D eigenvalue weighted by atomic mass is 35.5. The van der Waals surface area contributed by atoms with Gasteiger partial charge in [0.05, 0.1) is 5.01 Å². The van der Waals surface area contributed by atoms with E-state index in [1.165, 1.54) is 11.3 Å². The molecule has 8 heteroatoms. The summed E-state index contributed by atoms with van der Waals surface area (Å²) in [6, 6.07) is 0.109. The van der Waals surface area contributed by atoms with E-state index in [1.54, 1.807) is 5.38 Å². The summed E-state index contributed by atoms with van der Waals surface area (Å²) in [5.41, 5.74) is 11.2. The lowest BCUT2D eigenvalue weighted by atomic mass is 9.85. The molecule has 1 saturated carbocycles. The molecule has 1 aliphatic carbocycles. The van der Waals surface area contributed by atoms with Crippen molar-refractivity contribution in [2.45, 2.75) is 38.1 Å². The number of carbonyl (C=O) groups excluding carboxylic acids is 2.